The zero-order valence-electron chi connectivity index (χ0n) is 15.0. The Bertz CT molecular complexity index is 741. The fourth-order valence-corrected chi connectivity index (χ4v) is 2.59. The summed E-state index contributed by atoms with van der Waals surface area (Å²) in [6, 6.07) is 15.0. The molecule has 0 unspecified atom stereocenters. The Labute approximate surface area is 148 Å². The van der Waals surface area contributed by atoms with E-state index in [1.807, 2.05) is 25.1 Å². The van der Waals surface area contributed by atoms with Crippen molar-refractivity contribution in [2.75, 3.05) is 7.05 Å². The van der Waals surface area contributed by atoms with Gasteiger partial charge in [0.2, 0.25) is 5.91 Å². The smallest absolute Gasteiger partial charge is 0.317 e. The summed E-state index contributed by atoms with van der Waals surface area (Å²) in [6.07, 6.45) is 0.994. The van der Waals surface area contributed by atoms with E-state index in [1.165, 1.54) is 5.56 Å². The molecule has 25 heavy (non-hydrogen) atoms. The number of primary amides is 1. The summed E-state index contributed by atoms with van der Waals surface area (Å²) < 4.78 is 0. The van der Waals surface area contributed by atoms with E-state index < -0.39 is 5.91 Å². The van der Waals surface area contributed by atoms with Crippen molar-refractivity contribution in [3.05, 3.63) is 70.8 Å². The van der Waals surface area contributed by atoms with Gasteiger partial charge in [0, 0.05) is 19.2 Å². The minimum atomic E-state index is -0.474. The van der Waals surface area contributed by atoms with E-state index in [1.54, 1.807) is 30.1 Å². The van der Waals surface area contributed by atoms with Crippen LogP contribution in [0.25, 0.3) is 0 Å². The molecule has 0 radical (unpaired) electrons. The van der Waals surface area contributed by atoms with Crippen LogP contribution in [0.5, 0.6) is 0 Å². The van der Waals surface area contributed by atoms with E-state index in [-0.39, 0.29) is 12.1 Å². The Morgan fingerprint density at radius 1 is 1.12 bits per heavy atom. The Hall–Kier alpha value is -2.82. The first-order valence-corrected chi connectivity index (χ1v) is 8.40. The number of rotatable bonds is 6. The fraction of sp³-hybridized carbons (Fsp3) is 0.300. The molecular weight excluding hydrogens is 314 g/mol. The van der Waals surface area contributed by atoms with Crippen LogP contribution >= 0.6 is 0 Å². The molecule has 2 rings (SSSR count). The highest BCUT2D eigenvalue weighted by Gasteiger charge is 2.14. The van der Waals surface area contributed by atoms with Gasteiger partial charge in [-0.25, -0.2) is 4.79 Å². The van der Waals surface area contributed by atoms with Crippen LogP contribution in [0.1, 0.15) is 46.9 Å². The number of hydrogen-bond donors (Lipinski definition) is 2. The maximum atomic E-state index is 12.4. The van der Waals surface area contributed by atoms with Crippen LogP contribution in [0.4, 0.5) is 4.79 Å². The van der Waals surface area contributed by atoms with Crippen molar-refractivity contribution in [2.24, 2.45) is 5.73 Å². The normalized spacial score (nSPS) is 11.6. The predicted molar refractivity (Wildman–Crippen MR) is 99.2 cm³/mol. The summed E-state index contributed by atoms with van der Waals surface area (Å²) >= 11 is 0. The first-order chi connectivity index (χ1) is 11.9. The van der Waals surface area contributed by atoms with Crippen molar-refractivity contribution in [3.8, 4) is 0 Å². The van der Waals surface area contributed by atoms with E-state index >= 15 is 0 Å². The minimum absolute atomic E-state index is 0.0854. The summed E-state index contributed by atoms with van der Waals surface area (Å²) in [5.74, 6) is -0.474. The fourth-order valence-electron chi connectivity index (χ4n) is 2.59. The lowest BCUT2D eigenvalue weighted by Crippen LogP contribution is -2.38. The van der Waals surface area contributed by atoms with E-state index in [4.69, 9.17) is 5.73 Å². The van der Waals surface area contributed by atoms with Gasteiger partial charge in [-0.3, -0.25) is 4.79 Å². The van der Waals surface area contributed by atoms with Gasteiger partial charge in [-0.2, -0.15) is 0 Å². The molecule has 132 valence electrons. The van der Waals surface area contributed by atoms with Gasteiger partial charge < -0.3 is 16.0 Å². The third-order valence-electron chi connectivity index (χ3n) is 4.21. The molecule has 5 heteroatoms. The number of nitrogens with one attached hydrogen (secondary N) is 1. The molecule has 5 nitrogen and oxygen atoms in total. The largest absolute Gasteiger partial charge is 0.366 e. The lowest BCUT2D eigenvalue weighted by Gasteiger charge is -2.22. The molecule has 2 aromatic rings. The third kappa shape index (κ3) is 5.08. The van der Waals surface area contributed by atoms with Crippen molar-refractivity contribution in [2.45, 2.75) is 32.9 Å². The van der Waals surface area contributed by atoms with E-state index in [9.17, 15) is 9.59 Å². The van der Waals surface area contributed by atoms with Crippen LogP contribution in [-0.2, 0) is 13.0 Å². The van der Waals surface area contributed by atoms with Gasteiger partial charge in [-0.1, -0.05) is 43.3 Å². The Morgan fingerprint density at radius 2 is 1.80 bits per heavy atom. The minimum Gasteiger partial charge on any atom is -0.366 e. The summed E-state index contributed by atoms with van der Waals surface area (Å²) in [7, 11) is 1.72. The first kappa shape index (κ1) is 18.5. The Balaban J connectivity index is 1.97. The van der Waals surface area contributed by atoms with Crippen LogP contribution in [0, 0.1) is 0 Å². The second kappa shape index (κ2) is 8.33. The molecular formula is C20H25N3O2. The standard InChI is InChI=1S/C20H25N3O2/c1-4-15-8-10-17(11-9-15)14(2)22-20(25)23(3)13-16-6-5-7-18(12-16)19(21)24/h5-12,14H,4,13H2,1-3H3,(H2,21,24)(H,22,25)/t14-/m0/s1. The van der Waals surface area contributed by atoms with Gasteiger partial charge in [-0.05, 0) is 42.2 Å². The van der Waals surface area contributed by atoms with Crippen molar-refractivity contribution in [1.29, 1.82) is 0 Å². The molecule has 0 aliphatic carbocycles. The predicted octanol–water partition coefficient (Wildman–Crippen LogP) is 3.25. The summed E-state index contributed by atoms with van der Waals surface area (Å²) in [5.41, 5.74) is 8.92. The first-order valence-electron chi connectivity index (χ1n) is 8.40. The number of nitrogens with two attached hydrogens (primary N) is 1. The molecule has 0 saturated carbocycles. The zero-order valence-corrected chi connectivity index (χ0v) is 15.0. The summed E-state index contributed by atoms with van der Waals surface area (Å²) in [4.78, 5) is 25.2. The highest BCUT2D eigenvalue weighted by Crippen LogP contribution is 2.14. The third-order valence-corrected chi connectivity index (χ3v) is 4.21. The molecule has 0 saturated heterocycles. The molecule has 1 atom stereocenters. The van der Waals surface area contributed by atoms with Gasteiger partial charge in [0.1, 0.15) is 0 Å². The summed E-state index contributed by atoms with van der Waals surface area (Å²) in [6.45, 7) is 4.47. The van der Waals surface area contributed by atoms with Crippen molar-refractivity contribution < 1.29 is 9.59 Å². The monoisotopic (exact) mass is 339 g/mol. The molecule has 3 amide bonds. The molecule has 3 N–H and O–H groups in total. The number of hydrogen-bond acceptors (Lipinski definition) is 2. The number of benzene rings is 2. The summed E-state index contributed by atoms with van der Waals surface area (Å²) in [5, 5.41) is 2.99. The number of carbonyl (C=O) groups is 2. The van der Waals surface area contributed by atoms with Gasteiger partial charge >= 0.3 is 6.03 Å². The number of urea groups is 1. The van der Waals surface area contributed by atoms with E-state index in [2.05, 4.69) is 24.4 Å². The zero-order chi connectivity index (χ0) is 18.4. The van der Waals surface area contributed by atoms with Crippen molar-refractivity contribution in [1.82, 2.24) is 10.2 Å². The molecule has 0 bridgehead atoms. The van der Waals surface area contributed by atoms with Gasteiger partial charge in [0.05, 0.1) is 6.04 Å². The molecule has 0 heterocycles. The van der Waals surface area contributed by atoms with Gasteiger partial charge in [-0.15, -0.1) is 0 Å². The van der Waals surface area contributed by atoms with Crippen LogP contribution < -0.4 is 11.1 Å². The van der Waals surface area contributed by atoms with E-state index in [0.717, 1.165) is 17.5 Å². The maximum Gasteiger partial charge on any atom is 0.317 e. The highest BCUT2D eigenvalue weighted by atomic mass is 16.2. The average molecular weight is 339 g/mol. The lowest BCUT2D eigenvalue weighted by atomic mass is 10.1. The molecule has 0 spiro atoms. The average Bonchev–Trinajstić information content (AvgIpc) is 2.61. The Kier molecular flexibility index (Phi) is 6.17. The molecule has 0 aliphatic rings. The van der Waals surface area contributed by atoms with Crippen LogP contribution in [0.3, 0.4) is 0 Å². The molecule has 0 fully saturated rings. The number of amides is 3. The second-order valence-electron chi connectivity index (χ2n) is 6.19. The van der Waals surface area contributed by atoms with Crippen LogP contribution in [-0.4, -0.2) is 23.9 Å². The lowest BCUT2D eigenvalue weighted by molar-refractivity contribution is 0.1000. The SMILES string of the molecule is CCc1ccc([C@H](C)NC(=O)N(C)Cc2cccc(C(N)=O)c2)cc1. The highest BCUT2D eigenvalue weighted by molar-refractivity contribution is 5.92. The van der Waals surface area contributed by atoms with E-state index in [0.29, 0.717) is 12.1 Å². The second-order valence-corrected chi connectivity index (χ2v) is 6.19. The Morgan fingerprint density at radius 3 is 2.40 bits per heavy atom. The molecule has 0 aromatic heterocycles. The van der Waals surface area contributed by atoms with Gasteiger partial charge in [0.25, 0.3) is 0 Å². The van der Waals surface area contributed by atoms with Gasteiger partial charge in [0.15, 0.2) is 0 Å². The molecule has 0 aliphatic heterocycles. The quantitative estimate of drug-likeness (QED) is 0.847. The van der Waals surface area contributed by atoms with Crippen LogP contribution in [0.15, 0.2) is 48.5 Å². The topological polar surface area (TPSA) is 75.4 Å². The molecule has 2 aromatic carbocycles. The van der Waals surface area contributed by atoms with Crippen LogP contribution in [0.2, 0.25) is 0 Å². The number of nitrogens with zero attached hydrogens (tertiary/aromatic N) is 1. The number of carbonyl (C=O) groups excluding carboxylic acids is 2. The maximum absolute atomic E-state index is 12.4. The van der Waals surface area contributed by atoms with Crippen molar-refractivity contribution in [3.63, 3.8) is 0 Å². The van der Waals surface area contributed by atoms with Crippen molar-refractivity contribution >= 4 is 11.9 Å². The number of aryl methyl sites for hydroxylation is 1.